The lowest BCUT2D eigenvalue weighted by atomic mass is 10.1. The van der Waals surface area contributed by atoms with Crippen LogP contribution in [0, 0.1) is 0 Å². The summed E-state index contributed by atoms with van der Waals surface area (Å²) in [5, 5.41) is 10.6. The summed E-state index contributed by atoms with van der Waals surface area (Å²) in [4.78, 5) is 17.0. The van der Waals surface area contributed by atoms with Crippen LogP contribution in [-0.2, 0) is 0 Å². The van der Waals surface area contributed by atoms with E-state index in [-0.39, 0.29) is 5.91 Å². The maximum atomic E-state index is 12.6. The van der Waals surface area contributed by atoms with E-state index in [4.69, 9.17) is 9.05 Å². The van der Waals surface area contributed by atoms with Crippen molar-refractivity contribution in [2.45, 2.75) is 18.8 Å². The Balaban J connectivity index is 1.31. The highest BCUT2D eigenvalue weighted by atomic mass is 16.5. The Morgan fingerprint density at radius 1 is 1.00 bits per heavy atom. The third kappa shape index (κ3) is 3.29. The molecule has 7 nitrogen and oxygen atoms in total. The van der Waals surface area contributed by atoms with Crippen LogP contribution in [0.4, 0.5) is 5.69 Å². The number of nitrogens with one attached hydrogen (secondary N) is 1. The first-order valence-corrected chi connectivity index (χ1v) is 9.03. The lowest BCUT2D eigenvalue weighted by molar-refractivity contribution is 0.102. The predicted octanol–water partition coefficient (Wildman–Crippen LogP) is 4.52. The SMILES string of the molecule is O=C(Nc1cccc(-c2ccno2)c1)c1ccc(-c2noc(C3CC3)n2)cc1. The number of rotatable bonds is 5. The summed E-state index contributed by atoms with van der Waals surface area (Å²) in [6, 6.07) is 16.3. The Morgan fingerprint density at radius 3 is 2.61 bits per heavy atom. The summed E-state index contributed by atoms with van der Waals surface area (Å²) in [5.74, 6) is 2.11. The zero-order valence-electron chi connectivity index (χ0n) is 14.8. The second kappa shape index (κ2) is 6.77. The third-order valence-electron chi connectivity index (χ3n) is 4.62. The van der Waals surface area contributed by atoms with Gasteiger partial charge in [-0.2, -0.15) is 4.98 Å². The van der Waals surface area contributed by atoms with Crippen LogP contribution in [0.15, 0.2) is 69.8 Å². The number of carbonyl (C=O) groups is 1. The summed E-state index contributed by atoms with van der Waals surface area (Å²) in [6.45, 7) is 0. The molecule has 1 aliphatic rings. The van der Waals surface area contributed by atoms with Crippen molar-refractivity contribution in [2.24, 2.45) is 0 Å². The molecule has 0 bridgehead atoms. The fraction of sp³-hybridized carbons (Fsp3) is 0.143. The van der Waals surface area contributed by atoms with Gasteiger partial charge in [0.25, 0.3) is 5.91 Å². The first kappa shape index (κ1) is 16.4. The molecule has 2 heterocycles. The molecule has 0 saturated heterocycles. The lowest BCUT2D eigenvalue weighted by Gasteiger charge is -2.07. The molecule has 0 aliphatic heterocycles. The van der Waals surface area contributed by atoms with Crippen LogP contribution in [-0.4, -0.2) is 21.2 Å². The molecule has 5 rings (SSSR count). The normalized spacial score (nSPS) is 13.4. The van der Waals surface area contributed by atoms with Gasteiger partial charge in [0.05, 0.1) is 6.20 Å². The molecule has 7 heteroatoms. The fourth-order valence-electron chi connectivity index (χ4n) is 2.94. The van der Waals surface area contributed by atoms with E-state index in [1.807, 2.05) is 36.4 Å². The van der Waals surface area contributed by atoms with Crippen LogP contribution in [0.1, 0.15) is 35.0 Å². The van der Waals surface area contributed by atoms with Gasteiger partial charge >= 0.3 is 0 Å². The molecule has 4 aromatic rings. The van der Waals surface area contributed by atoms with Gasteiger partial charge in [-0.15, -0.1) is 0 Å². The first-order valence-electron chi connectivity index (χ1n) is 9.03. The molecule has 28 heavy (non-hydrogen) atoms. The van der Waals surface area contributed by atoms with Crippen LogP contribution in [0.25, 0.3) is 22.7 Å². The number of anilines is 1. The number of nitrogens with zero attached hydrogens (tertiary/aromatic N) is 3. The Kier molecular flexibility index (Phi) is 3.97. The fourth-order valence-corrected chi connectivity index (χ4v) is 2.94. The summed E-state index contributed by atoms with van der Waals surface area (Å²) in [7, 11) is 0. The number of carbonyl (C=O) groups excluding carboxylic acids is 1. The first-order chi connectivity index (χ1) is 13.8. The molecule has 2 aromatic carbocycles. The van der Waals surface area contributed by atoms with Gasteiger partial charge in [0.15, 0.2) is 5.76 Å². The van der Waals surface area contributed by atoms with Crippen LogP contribution < -0.4 is 5.32 Å². The zero-order chi connectivity index (χ0) is 18.9. The van der Waals surface area contributed by atoms with Crippen molar-refractivity contribution >= 4 is 11.6 Å². The quantitative estimate of drug-likeness (QED) is 0.553. The van der Waals surface area contributed by atoms with Crippen molar-refractivity contribution in [2.75, 3.05) is 5.32 Å². The lowest BCUT2D eigenvalue weighted by Crippen LogP contribution is -2.11. The zero-order valence-corrected chi connectivity index (χ0v) is 14.8. The predicted molar refractivity (Wildman–Crippen MR) is 102 cm³/mol. The van der Waals surface area contributed by atoms with Gasteiger partial charge in [-0.25, -0.2) is 0 Å². The van der Waals surface area contributed by atoms with Crippen molar-refractivity contribution in [1.29, 1.82) is 0 Å². The summed E-state index contributed by atoms with van der Waals surface area (Å²) >= 11 is 0. The van der Waals surface area contributed by atoms with Crippen LogP contribution in [0.2, 0.25) is 0 Å². The maximum Gasteiger partial charge on any atom is 0.255 e. The molecule has 2 aromatic heterocycles. The summed E-state index contributed by atoms with van der Waals surface area (Å²) in [5.41, 5.74) is 2.88. The summed E-state index contributed by atoms with van der Waals surface area (Å²) < 4.78 is 10.4. The van der Waals surface area contributed by atoms with E-state index in [2.05, 4.69) is 20.6 Å². The van der Waals surface area contributed by atoms with E-state index in [0.29, 0.717) is 34.6 Å². The molecule has 1 amide bonds. The van der Waals surface area contributed by atoms with Gasteiger partial charge in [-0.3, -0.25) is 4.79 Å². The largest absolute Gasteiger partial charge is 0.356 e. The monoisotopic (exact) mass is 372 g/mol. The molecule has 0 unspecified atom stereocenters. The molecule has 138 valence electrons. The topological polar surface area (TPSA) is 94.1 Å². The van der Waals surface area contributed by atoms with E-state index in [9.17, 15) is 4.79 Å². The van der Waals surface area contributed by atoms with E-state index in [0.717, 1.165) is 24.0 Å². The smallest absolute Gasteiger partial charge is 0.255 e. The highest BCUT2D eigenvalue weighted by Crippen LogP contribution is 2.39. The van der Waals surface area contributed by atoms with Gasteiger partial charge in [-0.05, 0) is 37.1 Å². The van der Waals surface area contributed by atoms with Crippen molar-refractivity contribution in [3.63, 3.8) is 0 Å². The molecule has 1 saturated carbocycles. The standard InChI is InChI=1S/C21H16N4O3/c26-20(23-17-3-1-2-16(12-17)18-10-11-22-27-18)14-6-4-13(5-7-14)19-24-21(28-25-19)15-8-9-15/h1-7,10-12,15H,8-9H2,(H,23,26). The summed E-state index contributed by atoms with van der Waals surface area (Å²) in [6.07, 6.45) is 3.80. The number of hydrogen-bond donors (Lipinski definition) is 1. The Hall–Kier alpha value is -3.74. The van der Waals surface area contributed by atoms with Crippen molar-refractivity contribution in [3.05, 3.63) is 72.2 Å². The van der Waals surface area contributed by atoms with E-state index < -0.39 is 0 Å². The van der Waals surface area contributed by atoms with Crippen LogP contribution in [0.5, 0.6) is 0 Å². The Labute approximate surface area is 160 Å². The maximum absolute atomic E-state index is 12.6. The van der Waals surface area contributed by atoms with Gasteiger partial charge in [0, 0.05) is 34.4 Å². The number of benzene rings is 2. The molecule has 0 spiro atoms. The van der Waals surface area contributed by atoms with Crippen LogP contribution in [0.3, 0.4) is 0 Å². The van der Waals surface area contributed by atoms with Crippen LogP contribution >= 0.6 is 0 Å². The molecule has 1 fully saturated rings. The number of amides is 1. The van der Waals surface area contributed by atoms with Gasteiger partial charge in [0.2, 0.25) is 11.7 Å². The molecule has 1 N–H and O–H groups in total. The minimum Gasteiger partial charge on any atom is -0.356 e. The molecule has 0 radical (unpaired) electrons. The third-order valence-corrected chi connectivity index (χ3v) is 4.62. The van der Waals surface area contributed by atoms with E-state index in [1.54, 1.807) is 24.4 Å². The second-order valence-corrected chi connectivity index (χ2v) is 6.72. The molecule has 1 aliphatic carbocycles. The van der Waals surface area contributed by atoms with Gasteiger partial charge in [0.1, 0.15) is 0 Å². The average Bonchev–Trinajstić information content (AvgIpc) is 3.22. The van der Waals surface area contributed by atoms with Crippen molar-refractivity contribution in [1.82, 2.24) is 15.3 Å². The van der Waals surface area contributed by atoms with Crippen molar-refractivity contribution < 1.29 is 13.8 Å². The van der Waals surface area contributed by atoms with Gasteiger partial charge < -0.3 is 14.4 Å². The van der Waals surface area contributed by atoms with Crippen molar-refractivity contribution in [3.8, 4) is 22.7 Å². The minimum atomic E-state index is -0.201. The molecular formula is C21H16N4O3. The second-order valence-electron chi connectivity index (χ2n) is 6.72. The molecule has 0 atom stereocenters. The highest BCUT2D eigenvalue weighted by Gasteiger charge is 2.29. The molecular weight excluding hydrogens is 356 g/mol. The van der Waals surface area contributed by atoms with Gasteiger partial charge in [-0.1, -0.05) is 34.6 Å². The average molecular weight is 372 g/mol. The van der Waals surface area contributed by atoms with E-state index >= 15 is 0 Å². The number of aromatic nitrogens is 3. The highest BCUT2D eigenvalue weighted by molar-refractivity contribution is 6.04. The Bertz CT molecular complexity index is 1110. The Morgan fingerprint density at radius 2 is 1.86 bits per heavy atom. The van der Waals surface area contributed by atoms with E-state index in [1.165, 1.54) is 0 Å². The number of hydrogen-bond acceptors (Lipinski definition) is 6. The minimum absolute atomic E-state index is 0.201.